The normalized spacial score (nSPS) is 11.6. The molecule has 0 spiro atoms. The number of benzene rings is 3. The van der Waals surface area contributed by atoms with E-state index in [1.54, 1.807) is 24.3 Å². The van der Waals surface area contributed by atoms with Gasteiger partial charge in [-0.15, -0.1) is 0 Å². The molecule has 0 aliphatic rings. The Balaban J connectivity index is 1.86. The minimum Gasteiger partial charge on any atom is -0.452 e. The Bertz CT molecular complexity index is 1340. The maximum atomic E-state index is 13.3. The van der Waals surface area contributed by atoms with E-state index < -0.39 is 15.8 Å². The summed E-state index contributed by atoms with van der Waals surface area (Å²) in [6.07, 6.45) is 0. The zero-order valence-electron chi connectivity index (χ0n) is 16.0. The summed E-state index contributed by atoms with van der Waals surface area (Å²) in [5, 5.41) is 13.1. The van der Waals surface area contributed by atoms with E-state index in [2.05, 4.69) is 21.0 Å². The molecule has 31 heavy (non-hydrogen) atoms. The van der Waals surface area contributed by atoms with Gasteiger partial charge < -0.3 is 9.30 Å². The third kappa shape index (κ3) is 3.90. The van der Waals surface area contributed by atoms with Gasteiger partial charge >= 0.3 is 0 Å². The summed E-state index contributed by atoms with van der Waals surface area (Å²) < 4.78 is 46.7. The molecule has 0 fully saturated rings. The predicted octanol–water partition coefficient (Wildman–Crippen LogP) is 5.61. The molecule has 1 heterocycles. The van der Waals surface area contributed by atoms with Gasteiger partial charge in [0.2, 0.25) is 5.75 Å². The fourth-order valence-electron chi connectivity index (χ4n) is 3.12. The molecule has 0 amide bonds. The highest BCUT2D eigenvalue weighted by Crippen LogP contribution is 2.44. The first kappa shape index (κ1) is 21.3. The molecule has 0 saturated heterocycles. The molecule has 4 aromatic rings. The lowest BCUT2D eigenvalue weighted by molar-refractivity contribution is -0.438. The van der Waals surface area contributed by atoms with Crippen molar-refractivity contribution in [1.29, 1.82) is 0 Å². The van der Waals surface area contributed by atoms with E-state index in [4.69, 9.17) is 14.6 Å². The highest BCUT2D eigenvalue weighted by Gasteiger charge is 2.26. The second-order valence-electron chi connectivity index (χ2n) is 6.51. The number of rotatable bonds is 6. The number of anilines is 1. The second-order valence-corrected chi connectivity index (χ2v) is 9.33. The van der Waals surface area contributed by atoms with Crippen molar-refractivity contribution in [2.45, 2.75) is 4.90 Å². The van der Waals surface area contributed by atoms with Crippen LogP contribution in [0.15, 0.2) is 80.5 Å². The topological polar surface area (TPSA) is 89.2 Å². The van der Waals surface area contributed by atoms with Crippen LogP contribution in [-0.4, -0.2) is 20.7 Å². The van der Waals surface area contributed by atoms with Crippen LogP contribution in [0.25, 0.3) is 22.3 Å². The van der Waals surface area contributed by atoms with Crippen molar-refractivity contribution in [2.24, 2.45) is 0 Å². The maximum absolute atomic E-state index is 13.3. The summed E-state index contributed by atoms with van der Waals surface area (Å²) in [4.78, 5) is 5.02. The molecular formula is C21H15BrFNO6S. The Hall–Kier alpha value is -2.92. The first-order valence-electron chi connectivity index (χ1n) is 8.87. The summed E-state index contributed by atoms with van der Waals surface area (Å²) in [6.45, 7) is 0. The molecule has 0 aliphatic carbocycles. The fraction of sp³-hybridized carbons (Fsp3) is 0.0476. The number of hydrogen-bond acceptors (Lipinski definition) is 6. The number of hydrogen-bond donors (Lipinski definition) is 1. The third-order valence-corrected chi connectivity index (χ3v) is 7.10. The SMILES string of the molecule is CN(c1cc2oc(-c3ccc(F)cc3)c(OOO)c2cc1Br)S(=O)(=O)c1ccccc1. The van der Waals surface area contributed by atoms with Crippen LogP contribution in [0.5, 0.6) is 5.75 Å². The molecule has 0 aliphatic heterocycles. The standard InChI is InChI=1S/C21H15BrFNO6S/c1-24(31(26,27)15-5-3-2-4-6-15)18-12-19-16(11-17(18)22)21(29-30-25)20(28-19)13-7-9-14(23)10-8-13/h2-12,25H,1H3. The molecule has 3 aromatic carbocycles. The van der Waals surface area contributed by atoms with E-state index in [0.717, 1.165) is 4.31 Å². The molecule has 0 bridgehead atoms. The summed E-state index contributed by atoms with van der Waals surface area (Å²) in [5.41, 5.74) is 1.04. The van der Waals surface area contributed by atoms with Crippen LogP contribution in [0, 0.1) is 5.82 Å². The first-order chi connectivity index (χ1) is 14.8. The summed E-state index contributed by atoms with van der Waals surface area (Å²) in [6, 6.07) is 16.5. The fourth-order valence-corrected chi connectivity index (χ4v) is 5.07. The molecule has 0 saturated carbocycles. The Morgan fingerprint density at radius 3 is 2.39 bits per heavy atom. The zero-order chi connectivity index (χ0) is 22.2. The maximum Gasteiger partial charge on any atom is 0.264 e. The molecule has 0 unspecified atom stereocenters. The Morgan fingerprint density at radius 2 is 1.74 bits per heavy atom. The van der Waals surface area contributed by atoms with Gasteiger partial charge in [-0.1, -0.05) is 18.2 Å². The van der Waals surface area contributed by atoms with Crippen molar-refractivity contribution in [3.05, 3.63) is 77.0 Å². The molecule has 7 nitrogen and oxygen atoms in total. The number of fused-ring (bicyclic) bond motifs is 1. The van der Waals surface area contributed by atoms with E-state index in [1.807, 2.05) is 0 Å². The van der Waals surface area contributed by atoms with Crippen molar-refractivity contribution in [2.75, 3.05) is 11.4 Å². The van der Waals surface area contributed by atoms with Gasteiger partial charge in [-0.2, -0.15) is 0 Å². The van der Waals surface area contributed by atoms with Crippen LogP contribution < -0.4 is 9.19 Å². The number of sulfonamides is 1. The predicted molar refractivity (Wildman–Crippen MR) is 116 cm³/mol. The summed E-state index contributed by atoms with van der Waals surface area (Å²) in [7, 11) is -2.41. The summed E-state index contributed by atoms with van der Waals surface area (Å²) in [5.74, 6) is -0.217. The Labute approximate surface area is 185 Å². The van der Waals surface area contributed by atoms with Crippen molar-refractivity contribution in [1.82, 2.24) is 0 Å². The van der Waals surface area contributed by atoms with Crippen molar-refractivity contribution in [3.8, 4) is 17.1 Å². The van der Waals surface area contributed by atoms with Crippen molar-refractivity contribution < 1.29 is 32.4 Å². The van der Waals surface area contributed by atoms with Gasteiger partial charge in [0.25, 0.3) is 10.0 Å². The first-order valence-corrected chi connectivity index (χ1v) is 11.1. The van der Waals surface area contributed by atoms with Gasteiger partial charge in [-0.05, 0) is 63.4 Å². The van der Waals surface area contributed by atoms with Gasteiger partial charge in [0.05, 0.1) is 16.0 Å². The molecule has 1 aromatic heterocycles. The van der Waals surface area contributed by atoms with Crippen LogP contribution in [0.3, 0.4) is 0 Å². The molecule has 10 heteroatoms. The molecule has 160 valence electrons. The summed E-state index contributed by atoms with van der Waals surface area (Å²) >= 11 is 3.39. The zero-order valence-corrected chi connectivity index (χ0v) is 18.4. The minimum atomic E-state index is -3.83. The van der Waals surface area contributed by atoms with Crippen molar-refractivity contribution >= 4 is 42.6 Å². The average Bonchev–Trinajstić information content (AvgIpc) is 3.11. The van der Waals surface area contributed by atoms with Crippen LogP contribution in [0.4, 0.5) is 10.1 Å². The van der Waals surface area contributed by atoms with Gasteiger partial charge in [-0.3, -0.25) is 4.31 Å². The van der Waals surface area contributed by atoms with Gasteiger partial charge in [-0.25, -0.2) is 18.1 Å². The van der Waals surface area contributed by atoms with E-state index >= 15 is 0 Å². The molecular weight excluding hydrogens is 493 g/mol. The highest BCUT2D eigenvalue weighted by atomic mass is 79.9. The lowest BCUT2D eigenvalue weighted by Gasteiger charge is -2.20. The van der Waals surface area contributed by atoms with Crippen LogP contribution in [0.2, 0.25) is 0 Å². The lowest BCUT2D eigenvalue weighted by atomic mass is 10.1. The number of nitrogens with zero attached hydrogens (tertiary/aromatic N) is 1. The highest BCUT2D eigenvalue weighted by molar-refractivity contribution is 9.10. The van der Waals surface area contributed by atoms with Gasteiger partial charge in [0, 0.05) is 23.2 Å². The number of halogens is 2. The monoisotopic (exact) mass is 507 g/mol. The largest absolute Gasteiger partial charge is 0.452 e. The van der Waals surface area contributed by atoms with Gasteiger partial charge in [0.15, 0.2) is 5.76 Å². The van der Waals surface area contributed by atoms with Crippen molar-refractivity contribution in [3.63, 3.8) is 0 Å². The molecule has 0 radical (unpaired) electrons. The number of furan rings is 1. The van der Waals surface area contributed by atoms with E-state index in [0.29, 0.717) is 21.1 Å². The Morgan fingerprint density at radius 1 is 1.06 bits per heavy atom. The van der Waals surface area contributed by atoms with E-state index in [-0.39, 0.29) is 22.0 Å². The van der Waals surface area contributed by atoms with E-state index in [1.165, 1.54) is 49.5 Å². The average molecular weight is 508 g/mol. The van der Waals surface area contributed by atoms with E-state index in [9.17, 15) is 12.8 Å². The third-order valence-electron chi connectivity index (χ3n) is 4.68. The van der Waals surface area contributed by atoms with Crippen LogP contribution >= 0.6 is 15.9 Å². The van der Waals surface area contributed by atoms with Crippen LogP contribution in [0.1, 0.15) is 0 Å². The second kappa shape index (κ2) is 8.31. The quantitative estimate of drug-likeness (QED) is 0.269. The lowest BCUT2D eigenvalue weighted by Crippen LogP contribution is -2.26. The Kier molecular flexibility index (Phi) is 5.71. The van der Waals surface area contributed by atoms with Gasteiger partial charge in [0.1, 0.15) is 11.4 Å². The smallest absolute Gasteiger partial charge is 0.264 e. The molecule has 1 N–H and O–H groups in total. The van der Waals surface area contributed by atoms with Crippen LogP contribution in [-0.2, 0) is 15.1 Å². The molecule has 0 atom stereocenters. The minimum absolute atomic E-state index is 0.0462. The molecule has 4 rings (SSSR count).